The van der Waals surface area contributed by atoms with Crippen molar-refractivity contribution in [1.29, 1.82) is 0 Å². The fourth-order valence-electron chi connectivity index (χ4n) is 2.43. The van der Waals surface area contributed by atoms with Crippen molar-refractivity contribution in [3.8, 4) is 0 Å². The van der Waals surface area contributed by atoms with Crippen LogP contribution >= 0.6 is 23.2 Å². The molecule has 0 atom stereocenters. The molecule has 0 bridgehead atoms. The van der Waals surface area contributed by atoms with Crippen molar-refractivity contribution in [2.24, 2.45) is 0 Å². The van der Waals surface area contributed by atoms with Crippen LogP contribution in [0.1, 0.15) is 5.56 Å². The Kier molecular flexibility index (Phi) is 6.10. The second kappa shape index (κ2) is 7.88. The van der Waals surface area contributed by atoms with E-state index in [-0.39, 0.29) is 24.6 Å². The van der Waals surface area contributed by atoms with E-state index in [1.807, 2.05) is 0 Å². The number of rotatable bonds is 6. The molecule has 0 aromatic heterocycles. The number of halogens is 2. The predicted octanol–water partition coefficient (Wildman–Crippen LogP) is 1.83. The molecule has 1 aromatic rings. The summed E-state index contributed by atoms with van der Waals surface area (Å²) < 4.78 is 0. The van der Waals surface area contributed by atoms with Crippen LogP contribution in [0.3, 0.4) is 0 Å². The normalized spacial score (nSPS) is 14.5. The lowest BCUT2D eigenvalue weighted by molar-refractivity contribution is -0.128. The Hall–Kier alpha value is -1.76. The fraction of sp³-hybridized carbons (Fsp3) is 0.375. The maximum atomic E-state index is 12.5. The minimum Gasteiger partial charge on any atom is -0.503 e. The molecule has 2 amide bonds. The molecule has 0 radical (unpaired) electrons. The summed E-state index contributed by atoms with van der Waals surface area (Å²) in [5.74, 6) is -1.38. The molecule has 6 nitrogen and oxygen atoms in total. The van der Waals surface area contributed by atoms with Gasteiger partial charge in [-0.3, -0.25) is 9.59 Å². The molecule has 0 unspecified atom stereocenters. The van der Waals surface area contributed by atoms with Crippen molar-refractivity contribution in [2.45, 2.75) is 6.54 Å². The van der Waals surface area contributed by atoms with Crippen LogP contribution in [-0.2, 0) is 16.1 Å². The first-order valence-corrected chi connectivity index (χ1v) is 8.16. The molecule has 24 heavy (non-hydrogen) atoms. The molecule has 0 fully saturated rings. The first-order chi connectivity index (χ1) is 11.3. The zero-order valence-corrected chi connectivity index (χ0v) is 15.0. The number of aliphatic hydroxyl groups excluding tert-OH is 1. The monoisotopic (exact) mass is 371 g/mol. The number of hydrogen-bond donors (Lipinski definition) is 2. The molecule has 0 spiro atoms. The van der Waals surface area contributed by atoms with Crippen LogP contribution in [0.4, 0.5) is 0 Å². The largest absolute Gasteiger partial charge is 0.503 e. The lowest BCUT2D eigenvalue weighted by Gasteiger charge is -2.19. The third-order valence-corrected chi connectivity index (χ3v) is 4.50. The van der Waals surface area contributed by atoms with Crippen LogP contribution < -0.4 is 5.32 Å². The zero-order chi connectivity index (χ0) is 17.9. The first kappa shape index (κ1) is 18.6. The summed E-state index contributed by atoms with van der Waals surface area (Å²) in [5, 5.41) is 13.8. The Morgan fingerprint density at radius 2 is 2.08 bits per heavy atom. The van der Waals surface area contributed by atoms with Crippen LogP contribution in [-0.4, -0.2) is 60.5 Å². The summed E-state index contributed by atoms with van der Waals surface area (Å²) in [6.07, 6.45) is 0. The standard InChI is InChI=1S/C16H19Cl2N3O3/c1-19-5-6-21-9-11(14(22)16(21)24)15(23)20(2)8-10-3-4-12(17)13(18)7-10/h3-4,7,19,22H,5-6,8-9H2,1-2H3. The number of amides is 2. The highest BCUT2D eigenvalue weighted by Crippen LogP contribution is 2.24. The maximum Gasteiger partial charge on any atom is 0.289 e. The molecule has 0 saturated carbocycles. The number of likely N-dealkylation sites (N-methyl/N-ethyl adjacent to an activating group) is 2. The molecule has 2 rings (SSSR count). The fourth-order valence-corrected chi connectivity index (χ4v) is 2.75. The van der Waals surface area contributed by atoms with Crippen molar-refractivity contribution in [3.63, 3.8) is 0 Å². The van der Waals surface area contributed by atoms with Crippen molar-refractivity contribution < 1.29 is 14.7 Å². The van der Waals surface area contributed by atoms with Gasteiger partial charge in [0, 0.05) is 26.7 Å². The van der Waals surface area contributed by atoms with Crippen molar-refractivity contribution in [1.82, 2.24) is 15.1 Å². The quantitative estimate of drug-likeness (QED) is 0.799. The second-order valence-corrected chi connectivity index (χ2v) is 6.38. The van der Waals surface area contributed by atoms with Crippen LogP contribution in [0.2, 0.25) is 10.0 Å². The van der Waals surface area contributed by atoms with E-state index >= 15 is 0 Å². The summed E-state index contributed by atoms with van der Waals surface area (Å²) in [6, 6.07) is 5.11. The summed E-state index contributed by atoms with van der Waals surface area (Å²) >= 11 is 11.8. The Morgan fingerprint density at radius 1 is 1.38 bits per heavy atom. The molecule has 0 aliphatic carbocycles. The Labute approximate surface area is 150 Å². The molecule has 1 aliphatic heterocycles. The SMILES string of the molecule is CNCCN1CC(C(=O)N(C)Cc2ccc(Cl)c(Cl)c2)=C(O)C1=O. The molecular weight excluding hydrogens is 353 g/mol. The van der Waals surface area contributed by atoms with Crippen LogP contribution in [0.5, 0.6) is 0 Å². The van der Waals surface area contributed by atoms with Crippen molar-refractivity contribution in [2.75, 3.05) is 33.7 Å². The minimum absolute atomic E-state index is 0.108. The topological polar surface area (TPSA) is 72.9 Å². The smallest absolute Gasteiger partial charge is 0.289 e. The van der Waals surface area contributed by atoms with Crippen LogP contribution in [0.15, 0.2) is 29.5 Å². The number of aliphatic hydroxyl groups is 1. The molecule has 1 aliphatic rings. The molecule has 1 aromatic carbocycles. The van der Waals surface area contributed by atoms with E-state index in [9.17, 15) is 14.7 Å². The average molecular weight is 372 g/mol. The maximum absolute atomic E-state index is 12.5. The Balaban J connectivity index is 2.07. The van der Waals surface area contributed by atoms with E-state index in [4.69, 9.17) is 23.2 Å². The van der Waals surface area contributed by atoms with Gasteiger partial charge in [-0.25, -0.2) is 0 Å². The van der Waals surface area contributed by atoms with E-state index in [1.165, 1.54) is 9.80 Å². The van der Waals surface area contributed by atoms with Crippen molar-refractivity contribution in [3.05, 3.63) is 45.1 Å². The number of hydrogen-bond acceptors (Lipinski definition) is 4. The van der Waals surface area contributed by atoms with Gasteiger partial charge in [0.05, 0.1) is 22.2 Å². The first-order valence-electron chi connectivity index (χ1n) is 7.40. The van der Waals surface area contributed by atoms with Gasteiger partial charge >= 0.3 is 0 Å². The average Bonchev–Trinajstić information content (AvgIpc) is 2.83. The Morgan fingerprint density at radius 3 is 2.71 bits per heavy atom. The van der Waals surface area contributed by atoms with E-state index in [1.54, 1.807) is 32.3 Å². The summed E-state index contributed by atoms with van der Waals surface area (Å²) in [7, 11) is 3.37. The van der Waals surface area contributed by atoms with Crippen molar-refractivity contribution >= 4 is 35.0 Å². The third-order valence-electron chi connectivity index (χ3n) is 3.76. The molecular formula is C16H19Cl2N3O3. The number of benzene rings is 1. The molecule has 8 heteroatoms. The van der Waals surface area contributed by atoms with Gasteiger partial charge in [-0.2, -0.15) is 0 Å². The van der Waals surface area contributed by atoms with Gasteiger partial charge in [0.2, 0.25) is 0 Å². The highest BCUT2D eigenvalue weighted by atomic mass is 35.5. The second-order valence-electron chi connectivity index (χ2n) is 5.57. The third kappa shape index (κ3) is 4.01. The zero-order valence-electron chi connectivity index (χ0n) is 13.5. The van der Waals surface area contributed by atoms with E-state index in [0.29, 0.717) is 23.1 Å². The molecule has 1 heterocycles. The van der Waals surface area contributed by atoms with Gasteiger partial charge in [0.1, 0.15) is 0 Å². The lowest BCUT2D eigenvalue weighted by atomic mass is 10.2. The lowest BCUT2D eigenvalue weighted by Crippen LogP contribution is -2.35. The highest BCUT2D eigenvalue weighted by Gasteiger charge is 2.34. The van der Waals surface area contributed by atoms with Gasteiger partial charge in [0.15, 0.2) is 5.76 Å². The van der Waals surface area contributed by atoms with E-state index < -0.39 is 11.7 Å². The Bertz CT molecular complexity index is 691. The van der Waals surface area contributed by atoms with Crippen LogP contribution in [0, 0.1) is 0 Å². The number of carbonyl (C=O) groups is 2. The predicted molar refractivity (Wildman–Crippen MR) is 93.1 cm³/mol. The molecule has 130 valence electrons. The summed E-state index contributed by atoms with van der Waals surface area (Å²) in [6.45, 7) is 1.40. The van der Waals surface area contributed by atoms with Gasteiger partial charge < -0.3 is 20.2 Å². The van der Waals surface area contributed by atoms with Gasteiger partial charge in [-0.05, 0) is 24.7 Å². The van der Waals surface area contributed by atoms with Crippen LogP contribution in [0.25, 0.3) is 0 Å². The number of nitrogens with one attached hydrogen (secondary N) is 1. The number of nitrogens with zero attached hydrogens (tertiary/aromatic N) is 2. The molecule has 2 N–H and O–H groups in total. The highest BCUT2D eigenvalue weighted by molar-refractivity contribution is 6.42. The van der Waals surface area contributed by atoms with E-state index in [0.717, 1.165) is 5.56 Å². The van der Waals surface area contributed by atoms with Gasteiger partial charge in [0.25, 0.3) is 11.8 Å². The van der Waals surface area contributed by atoms with E-state index in [2.05, 4.69) is 5.32 Å². The van der Waals surface area contributed by atoms with Gasteiger partial charge in [-0.1, -0.05) is 29.3 Å². The van der Waals surface area contributed by atoms with Gasteiger partial charge in [-0.15, -0.1) is 0 Å². The minimum atomic E-state index is -0.517. The summed E-state index contributed by atoms with van der Waals surface area (Å²) in [4.78, 5) is 27.4. The number of carbonyl (C=O) groups excluding carboxylic acids is 2. The molecule has 0 saturated heterocycles. The summed E-state index contributed by atoms with van der Waals surface area (Å²) in [5.41, 5.74) is 0.912.